The maximum atomic E-state index is 12.9. The molecule has 1 aliphatic rings. The summed E-state index contributed by atoms with van der Waals surface area (Å²) in [6.07, 6.45) is 1.52. The summed E-state index contributed by atoms with van der Waals surface area (Å²) in [5.74, 6) is -0.0376. The van der Waals surface area contributed by atoms with Crippen LogP contribution in [-0.2, 0) is 4.79 Å². The summed E-state index contributed by atoms with van der Waals surface area (Å²) < 4.78 is 18.6. The Labute approximate surface area is 146 Å². The van der Waals surface area contributed by atoms with Crippen LogP contribution in [0.15, 0.2) is 48.5 Å². The van der Waals surface area contributed by atoms with Crippen molar-refractivity contribution in [1.82, 2.24) is 4.90 Å². The third kappa shape index (κ3) is 4.05. The van der Waals surface area contributed by atoms with E-state index in [1.54, 1.807) is 31.2 Å². The highest BCUT2D eigenvalue weighted by atomic mass is 19.1. The van der Waals surface area contributed by atoms with E-state index in [9.17, 15) is 14.0 Å². The smallest absolute Gasteiger partial charge is 0.263 e. The highest BCUT2D eigenvalue weighted by Gasteiger charge is 2.24. The Morgan fingerprint density at radius 3 is 2.04 bits per heavy atom. The number of carbonyl (C=O) groups excluding carboxylic acids is 2. The zero-order valence-corrected chi connectivity index (χ0v) is 14.1. The number of hydrogen-bond acceptors (Lipinski definition) is 3. The maximum Gasteiger partial charge on any atom is 0.263 e. The normalized spacial score (nSPS) is 15.0. The first-order valence-electron chi connectivity index (χ1n) is 8.40. The molecular weight excluding hydrogens is 321 g/mol. The summed E-state index contributed by atoms with van der Waals surface area (Å²) in [6, 6.07) is 12.1. The molecule has 2 aromatic rings. The Morgan fingerprint density at radius 1 is 0.960 bits per heavy atom. The monoisotopic (exact) mass is 341 g/mol. The van der Waals surface area contributed by atoms with Gasteiger partial charge in [0.2, 0.25) is 0 Å². The Bertz CT molecular complexity index is 750. The second-order valence-electron chi connectivity index (χ2n) is 6.15. The van der Waals surface area contributed by atoms with Gasteiger partial charge in [0.15, 0.2) is 11.9 Å². The number of ether oxygens (including phenoxy) is 1. The lowest BCUT2D eigenvalue weighted by molar-refractivity contribution is -0.136. The molecular formula is C20H20FNO3. The van der Waals surface area contributed by atoms with Crippen LogP contribution in [0, 0.1) is 5.82 Å². The zero-order valence-electron chi connectivity index (χ0n) is 14.1. The predicted molar refractivity (Wildman–Crippen MR) is 92.2 cm³/mol. The SMILES string of the molecule is C[C@@H](Oc1ccc(C(=O)c2ccc(F)cc2)cc1)C(=O)N1CCCC1. The van der Waals surface area contributed by atoms with Crippen molar-refractivity contribution < 1.29 is 18.7 Å². The topological polar surface area (TPSA) is 46.6 Å². The van der Waals surface area contributed by atoms with Crippen LogP contribution < -0.4 is 4.74 Å². The van der Waals surface area contributed by atoms with E-state index < -0.39 is 6.10 Å². The van der Waals surface area contributed by atoms with E-state index in [4.69, 9.17) is 4.74 Å². The average molecular weight is 341 g/mol. The number of amides is 1. The van der Waals surface area contributed by atoms with E-state index in [0.717, 1.165) is 25.9 Å². The molecule has 5 heteroatoms. The summed E-state index contributed by atoms with van der Waals surface area (Å²) >= 11 is 0. The van der Waals surface area contributed by atoms with E-state index in [0.29, 0.717) is 16.9 Å². The molecule has 4 nitrogen and oxygen atoms in total. The van der Waals surface area contributed by atoms with Crippen LogP contribution in [0.2, 0.25) is 0 Å². The summed E-state index contributed by atoms with van der Waals surface area (Å²) in [4.78, 5) is 26.4. The van der Waals surface area contributed by atoms with E-state index in [2.05, 4.69) is 0 Å². The second kappa shape index (κ2) is 7.47. The van der Waals surface area contributed by atoms with Gasteiger partial charge in [0.1, 0.15) is 11.6 Å². The van der Waals surface area contributed by atoms with Crippen molar-refractivity contribution in [3.05, 3.63) is 65.5 Å². The molecule has 0 saturated carbocycles. The van der Waals surface area contributed by atoms with Gasteiger partial charge in [0.25, 0.3) is 5.91 Å². The molecule has 1 saturated heterocycles. The van der Waals surface area contributed by atoms with Gasteiger partial charge in [-0.1, -0.05) is 0 Å². The van der Waals surface area contributed by atoms with Gasteiger partial charge in [0.05, 0.1) is 0 Å². The Morgan fingerprint density at radius 2 is 1.48 bits per heavy atom. The quantitative estimate of drug-likeness (QED) is 0.783. The van der Waals surface area contributed by atoms with Gasteiger partial charge in [-0.15, -0.1) is 0 Å². The van der Waals surface area contributed by atoms with E-state index >= 15 is 0 Å². The molecule has 0 N–H and O–H groups in total. The van der Waals surface area contributed by atoms with Gasteiger partial charge in [-0.2, -0.15) is 0 Å². The Balaban J connectivity index is 1.64. The van der Waals surface area contributed by atoms with Crippen molar-refractivity contribution >= 4 is 11.7 Å². The van der Waals surface area contributed by atoms with Crippen LogP contribution in [-0.4, -0.2) is 35.8 Å². The largest absolute Gasteiger partial charge is 0.481 e. The first kappa shape index (κ1) is 17.1. The molecule has 0 unspecified atom stereocenters. The average Bonchev–Trinajstić information content (AvgIpc) is 3.16. The molecule has 130 valence electrons. The third-order valence-electron chi connectivity index (χ3n) is 4.30. The van der Waals surface area contributed by atoms with E-state index in [-0.39, 0.29) is 17.5 Å². The lowest BCUT2D eigenvalue weighted by Gasteiger charge is -2.21. The van der Waals surface area contributed by atoms with Crippen molar-refractivity contribution in [3.63, 3.8) is 0 Å². The number of carbonyl (C=O) groups is 2. The Hall–Kier alpha value is -2.69. The fourth-order valence-electron chi connectivity index (χ4n) is 2.90. The van der Waals surface area contributed by atoms with Gasteiger partial charge >= 0.3 is 0 Å². The van der Waals surface area contributed by atoms with Crippen LogP contribution in [0.5, 0.6) is 5.75 Å². The number of likely N-dealkylation sites (tertiary alicyclic amines) is 1. The third-order valence-corrected chi connectivity index (χ3v) is 4.30. The minimum atomic E-state index is -0.559. The molecule has 0 aliphatic carbocycles. The highest BCUT2D eigenvalue weighted by Crippen LogP contribution is 2.18. The number of nitrogens with zero attached hydrogens (tertiary/aromatic N) is 1. The van der Waals surface area contributed by atoms with E-state index in [1.165, 1.54) is 24.3 Å². The Kier molecular flexibility index (Phi) is 5.12. The van der Waals surface area contributed by atoms with Crippen molar-refractivity contribution in [3.8, 4) is 5.75 Å². The van der Waals surface area contributed by atoms with Gasteiger partial charge in [-0.05, 0) is 68.3 Å². The molecule has 3 rings (SSSR count). The fourth-order valence-corrected chi connectivity index (χ4v) is 2.90. The standard InChI is InChI=1S/C20H20FNO3/c1-14(20(24)22-12-2-3-13-22)25-18-10-6-16(7-11-18)19(23)15-4-8-17(21)9-5-15/h4-11,14H,2-3,12-13H2,1H3/t14-/m1/s1. The number of ketones is 1. The van der Waals surface area contributed by atoms with Crippen molar-refractivity contribution in [1.29, 1.82) is 0 Å². The molecule has 0 aromatic heterocycles. The second-order valence-corrected chi connectivity index (χ2v) is 6.15. The number of rotatable bonds is 5. The van der Waals surface area contributed by atoms with Crippen molar-refractivity contribution in [2.24, 2.45) is 0 Å². The van der Waals surface area contributed by atoms with Crippen LogP contribution in [0.4, 0.5) is 4.39 Å². The molecule has 25 heavy (non-hydrogen) atoms. The van der Waals surface area contributed by atoms with E-state index in [1.807, 2.05) is 4.90 Å². The van der Waals surface area contributed by atoms with Gasteiger partial charge < -0.3 is 9.64 Å². The predicted octanol–water partition coefficient (Wildman–Crippen LogP) is 3.45. The summed E-state index contributed by atoms with van der Waals surface area (Å²) in [7, 11) is 0. The number of halogens is 1. The minimum absolute atomic E-state index is 0.0102. The van der Waals surface area contributed by atoms with Crippen LogP contribution >= 0.6 is 0 Å². The summed E-state index contributed by atoms with van der Waals surface area (Å²) in [6.45, 7) is 3.31. The maximum absolute atomic E-state index is 12.9. The molecule has 2 aromatic carbocycles. The molecule has 0 bridgehead atoms. The molecule has 0 radical (unpaired) electrons. The van der Waals surface area contributed by atoms with Gasteiger partial charge in [0, 0.05) is 24.2 Å². The minimum Gasteiger partial charge on any atom is -0.481 e. The van der Waals surface area contributed by atoms with Gasteiger partial charge in [-0.3, -0.25) is 9.59 Å². The van der Waals surface area contributed by atoms with Crippen LogP contribution in [0.1, 0.15) is 35.7 Å². The first-order valence-corrected chi connectivity index (χ1v) is 8.40. The number of hydrogen-bond donors (Lipinski definition) is 0. The van der Waals surface area contributed by atoms with Crippen molar-refractivity contribution in [2.75, 3.05) is 13.1 Å². The lowest BCUT2D eigenvalue weighted by Crippen LogP contribution is -2.38. The van der Waals surface area contributed by atoms with Crippen LogP contribution in [0.25, 0.3) is 0 Å². The molecule has 1 amide bonds. The molecule has 1 heterocycles. The fraction of sp³-hybridized carbons (Fsp3) is 0.300. The molecule has 1 aliphatic heterocycles. The molecule has 1 fully saturated rings. The van der Waals surface area contributed by atoms with Gasteiger partial charge in [-0.25, -0.2) is 4.39 Å². The lowest BCUT2D eigenvalue weighted by atomic mass is 10.0. The zero-order chi connectivity index (χ0) is 17.8. The molecule has 1 atom stereocenters. The number of benzene rings is 2. The highest BCUT2D eigenvalue weighted by molar-refractivity contribution is 6.09. The molecule has 0 spiro atoms. The van der Waals surface area contributed by atoms with Crippen LogP contribution in [0.3, 0.4) is 0 Å². The first-order chi connectivity index (χ1) is 12.0. The van der Waals surface area contributed by atoms with Crippen molar-refractivity contribution in [2.45, 2.75) is 25.9 Å². The summed E-state index contributed by atoms with van der Waals surface area (Å²) in [5, 5.41) is 0. The summed E-state index contributed by atoms with van der Waals surface area (Å²) in [5.41, 5.74) is 0.908.